The van der Waals surface area contributed by atoms with Crippen molar-refractivity contribution in [2.24, 2.45) is 4.99 Å². The molecule has 1 aromatic rings. The summed E-state index contributed by atoms with van der Waals surface area (Å²) < 4.78 is 23.1. The Hall–Kier alpha value is -2.31. The monoisotopic (exact) mass is 339 g/mol. The zero-order chi connectivity index (χ0) is 17.8. The number of carbonyl (C=O) groups is 1. The molecule has 1 unspecified atom stereocenters. The van der Waals surface area contributed by atoms with Crippen molar-refractivity contribution in [1.82, 2.24) is 10.6 Å². The molecule has 1 aromatic carbocycles. The highest BCUT2D eigenvalue weighted by molar-refractivity contribution is 5.79. The normalized spacial score (nSPS) is 12.4. The summed E-state index contributed by atoms with van der Waals surface area (Å²) in [5.41, 5.74) is 0. The van der Waals surface area contributed by atoms with Crippen LogP contribution in [-0.4, -0.2) is 45.3 Å². The van der Waals surface area contributed by atoms with Crippen LogP contribution in [-0.2, 0) is 9.53 Å². The van der Waals surface area contributed by atoms with E-state index >= 15 is 0 Å². The Bertz CT molecular complexity index is 520. The second-order valence-electron chi connectivity index (χ2n) is 5.30. The van der Waals surface area contributed by atoms with Crippen LogP contribution in [0, 0.1) is 5.82 Å². The number of methoxy groups -OCH3 is 1. The third-order valence-corrected chi connectivity index (χ3v) is 3.26. The maximum absolute atomic E-state index is 12.8. The summed E-state index contributed by atoms with van der Waals surface area (Å²) in [4.78, 5) is 15.1. The van der Waals surface area contributed by atoms with Crippen LogP contribution < -0.4 is 15.4 Å². The van der Waals surface area contributed by atoms with Crippen molar-refractivity contribution in [3.05, 3.63) is 30.1 Å². The first-order valence-electron chi connectivity index (χ1n) is 7.98. The summed E-state index contributed by atoms with van der Waals surface area (Å²) in [7, 11) is 3.08. The number of ether oxygens (including phenoxy) is 2. The van der Waals surface area contributed by atoms with E-state index in [0.717, 1.165) is 12.8 Å². The molecule has 24 heavy (non-hydrogen) atoms. The van der Waals surface area contributed by atoms with Gasteiger partial charge in [-0.15, -0.1) is 0 Å². The molecule has 0 aliphatic rings. The molecule has 1 atom stereocenters. The van der Waals surface area contributed by atoms with E-state index in [1.807, 2.05) is 6.92 Å². The molecule has 1 rings (SSSR count). The van der Waals surface area contributed by atoms with Crippen molar-refractivity contribution < 1.29 is 18.7 Å². The number of benzene rings is 1. The van der Waals surface area contributed by atoms with Crippen LogP contribution in [0.3, 0.4) is 0 Å². The highest BCUT2D eigenvalue weighted by Gasteiger charge is 2.06. The number of rotatable bonds is 9. The molecule has 0 radical (unpaired) electrons. The van der Waals surface area contributed by atoms with Crippen LogP contribution >= 0.6 is 0 Å². The molecule has 0 fully saturated rings. The molecule has 134 valence electrons. The smallest absolute Gasteiger partial charge is 0.305 e. The number of hydrogen-bond acceptors (Lipinski definition) is 4. The number of guanidine groups is 1. The van der Waals surface area contributed by atoms with Gasteiger partial charge in [-0.05, 0) is 44.0 Å². The van der Waals surface area contributed by atoms with Gasteiger partial charge in [0, 0.05) is 20.0 Å². The lowest BCUT2D eigenvalue weighted by Gasteiger charge is -2.17. The Balaban J connectivity index is 2.20. The summed E-state index contributed by atoms with van der Waals surface area (Å²) in [5, 5.41) is 6.33. The second-order valence-corrected chi connectivity index (χ2v) is 5.30. The third-order valence-electron chi connectivity index (χ3n) is 3.26. The molecule has 0 aliphatic heterocycles. The predicted octanol–water partition coefficient (Wildman–Crippen LogP) is 2.10. The first kappa shape index (κ1) is 19.7. The van der Waals surface area contributed by atoms with Gasteiger partial charge in [0.2, 0.25) is 0 Å². The second kappa shape index (κ2) is 11.3. The molecule has 0 spiro atoms. The summed E-state index contributed by atoms with van der Waals surface area (Å²) in [5.74, 6) is 0.813. The van der Waals surface area contributed by atoms with Gasteiger partial charge in [0.15, 0.2) is 5.96 Å². The van der Waals surface area contributed by atoms with Crippen LogP contribution in [0.15, 0.2) is 29.3 Å². The van der Waals surface area contributed by atoms with Crippen LogP contribution in [0.1, 0.15) is 26.2 Å². The van der Waals surface area contributed by atoms with E-state index in [2.05, 4.69) is 20.4 Å². The topological polar surface area (TPSA) is 72.0 Å². The summed E-state index contributed by atoms with van der Waals surface area (Å²) in [6, 6.07) is 5.93. The molecule has 0 saturated carbocycles. The number of nitrogens with one attached hydrogen (secondary N) is 2. The molecule has 2 N–H and O–H groups in total. The first-order valence-corrected chi connectivity index (χ1v) is 7.98. The Labute approximate surface area is 142 Å². The van der Waals surface area contributed by atoms with Gasteiger partial charge in [0.1, 0.15) is 17.7 Å². The zero-order valence-corrected chi connectivity index (χ0v) is 14.5. The lowest BCUT2D eigenvalue weighted by Crippen LogP contribution is -2.42. The summed E-state index contributed by atoms with van der Waals surface area (Å²) >= 11 is 0. The predicted molar refractivity (Wildman–Crippen MR) is 91.7 cm³/mol. The SMILES string of the molecule is CN=C(NCCCCC(=O)OC)NCC(C)Oc1ccc(F)cc1. The van der Waals surface area contributed by atoms with Crippen molar-refractivity contribution in [2.75, 3.05) is 27.2 Å². The highest BCUT2D eigenvalue weighted by atomic mass is 19.1. The molecular weight excluding hydrogens is 313 g/mol. The minimum Gasteiger partial charge on any atom is -0.489 e. The van der Waals surface area contributed by atoms with Crippen LogP contribution in [0.5, 0.6) is 5.75 Å². The fourth-order valence-corrected chi connectivity index (χ4v) is 1.95. The molecule has 0 heterocycles. The highest BCUT2D eigenvalue weighted by Crippen LogP contribution is 2.12. The molecule has 0 saturated heterocycles. The van der Waals surface area contributed by atoms with Gasteiger partial charge < -0.3 is 20.1 Å². The van der Waals surface area contributed by atoms with Gasteiger partial charge in [-0.3, -0.25) is 9.79 Å². The fourth-order valence-electron chi connectivity index (χ4n) is 1.95. The number of halogens is 1. The number of unbranched alkanes of at least 4 members (excludes halogenated alkanes) is 1. The third kappa shape index (κ3) is 8.36. The van der Waals surface area contributed by atoms with E-state index in [1.54, 1.807) is 19.2 Å². The Morgan fingerprint density at radius 2 is 1.96 bits per heavy atom. The molecule has 0 bridgehead atoms. The minimum atomic E-state index is -0.287. The van der Waals surface area contributed by atoms with E-state index in [9.17, 15) is 9.18 Å². The van der Waals surface area contributed by atoms with Gasteiger partial charge in [0.05, 0.1) is 13.7 Å². The lowest BCUT2D eigenvalue weighted by atomic mass is 10.2. The lowest BCUT2D eigenvalue weighted by molar-refractivity contribution is -0.140. The first-order chi connectivity index (χ1) is 11.5. The number of nitrogens with zero attached hydrogens (tertiary/aromatic N) is 1. The van der Waals surface area contributed by atoms with Crippen LogP contribution in [0.4, 0.5) is 4.39 Å². The number of carbonyl (C=O) groups excluding carboxylic acids is 1. The number of esters is 1. The fraction of sp³-hybridized carbons (Fsp3) is 0.529. The Morgan fingerprint density at radius 1 is 1.25 bits per heavy atom. The minimum absolute atomic E-state index is 0.103. The maximum atomic E-state index is 12.8. The molecule has 7 heteroatoms. The molecule has 0 aromatic heterocycles. The van der Waals surface area contributed by atoms with E-state index in [-0.39, 0.29) is 17.9 Å². The van der Waals surface area contributed by atoms with Gasteiger partial charge in [-0.1, -0.05) is 0 Å². The van der Waals surface area contributed by atoms with E-state index in [0.29, 0.717) is 31.2 Å². The molecule has 0 aliphatic carbocycles. The van der Waals surface area contributed by atoms with Gasteiger partial charge in [-0.2, -0.15) is 0 Å². The van der Waals surface area contributed by atoms with Crippen molar-refractivity contribution in [1.29, 1.82) is 0 Å². The Morgan fingerprint density at radius 3 is 2.58 bits per heavy atom. The van der Waals surface area contributed by atoms with Gasteiger partial charge >= 0.3 is 5.97 Å². The molecule has 6 nitrogen and oxygen atoms in total. The van der Waals surface area contributed by atoms with E-state index in [1.165, 1.54) is 19.2 Å². The average molecular weight is 339 g/mol. The van der Waals surface area contributed by atoms with E-state index in [4.69, 9.17) is 4.74 Å². The average Bonchev–Trinajstić information content (AvgIpc) is 2.59. The van der Waals surface area contributed by atoms with Crippen molar-refractivity contribution >= 4 is 11.9 Å². The van der Waals surface area contributed by atoms with E-state index < -0.39 is 0 Å². The summed E-state index contributed by atoms with van der Waals surface area (Å²) in [6.07, 6.45) is 1.93. The number of aliphatic imine (C=N–C) groups is 1. The molecular formula is C17H26FN3O3. The van der Waals surface area contributed by atoms with Crippen LogP contribution in [0.25, 0.3) is 0 Å². The zero-order valence-electron chi connectivity index (χ0n) is 14.5. The quantitative estimate of drug-likeness (QED) is 0.312. The van der Waals surface area contributed by atoms with Crippen LogP contribution in [0.2, 0.25) is 0 Å². The maximum Gasteiger partial charge on any atom is 0.305 e. The van der Waals surface area contributed by atoms with Gasteiger partial charge in [-0.25, -0.2) is 4.39 Å². The van der Waals surface area contributed by atoms with Crippen molar-refractivity contribution in [2.45, 2.75) is 32.3 Å². The van der Waals surface area contributed by atoms with Gasteiger partial charge in [0.25, 0.3) is 0 Å². The van der Waals surface area contributed by atoms with Crippen molar-refractivity contribution in [3.8, 4) is 5.75 Å². The summed E-state index contributed by atoms with van der Waals surface area (Å²) in [6.45, 7) is 3.18. The standard InChI is InChI=1S/C17H26FN3O3/c1-13(24-15-9-7-14(18)8-10-15)12-21-17(19-2)20-11-5-4-6-16(22)23-3/h7-10,13H,4-6,11-12H2,1-3H3,(H2,19,20,21). The Kier molecular flexibility index (Phi) is 9.26. The number of hydrogen-bond donors (Lipinski definition) is 2. The molecule has 0 amide bonds. The van der Waals surface area contributed by atoms with Crippen molar-refractivity contribution in [3.63, 3.8) is 0 Å². The largest absolute Gasteiger partial charge is 0.489 e.